The number of hydrogen-bond donors (Lipinski definition) is 1. The zero-order valence-electron chi connectivity index (χ0n) is 20.5. The summed E-state index contributed by atoms with van der Waals surface area (Å²) in [6.07, 6.45) is 2.44. The van der Waals surface area contributed by atoms with Gasteiger partial charge in [0.25, 0.3) is 0 Å². The van der Waals surface area contributed by atoms with Crippen molar-refractivity contribution in [3.8, 4) is 22.6 Å². The maximum atomic E-state index is 12.7. The van der Waals surface area contributed by atoms with Crippen LogP contribution in [0.4, 0.5) is 10.6 Å². The number of ether oxygens (including phenoxy) is 4. The van der Waals surface area contributed by atoms with E-state index in [1.165, 1.54) is 13.3 Å². The standard InChI is InChI=1S/C25H31N3O6/c1-24(2,3)34-23(30)28-9-7-25(8-10-28)20-17(12-16(31-4)13-19(20)32-5)18-11-15(22(29)33-6)14-26-21(18)27-25/h11-14H,7-10H2,1-6H3,(H,26,27). The van der Waals surface area contributed by atoms with E-state index in [0.717, 1.165) is 16.7 Å². The van der Waals surface area contributed by atoms with Crippen LogP contribution in [0.2, 0.25) is 0 Å². The number of hydrogen-bond acceptors (Lipinski definition) is 8. The number of rotatable bonds is 3. The fraction of sp³-hybridized carbons (Fsp3) is 0.480. The van der Waals surface area contributed by atoms with Gasteiger partial charge in [-0.3, -0.25) is 0 Å². The van der Waals surface area contributed by atoms with Crippen LogP contribution in [-0.2, 0) is 15.0 Å². The number of amides is 1. The number of esters is 1. The first-order valence-electron chi connectivity index (χ1n) is 11.2. The number of anilines is 1. The van der Waals surface area contributed by atoms with Gasteiger partial charge in [0.2, 0.25) is 0 Å². The summed E-state index contributed by atoms with van der Waals surface area (Å²) < 4.78 is 21.8. The van der Waals surface area contributed by atoms with E-state index in [-0.39, 0.29) is 6.09 Å². The number of methoxy groups -OCH3 is 3. The maximum Gasteiger partial charge on any atom is 0.410 e. The van der Waals surface area contributed by atoms with Gasteiger partial charge in [0.15, 0.2) is 0 Å². The number of nitrogens with zero attached hydrogens (tertiary/aromatic N) is 2. The Bertz CT molecular complexity index is 1120. The molecular weight excluding hydrogens is 438 g/mol. The van der Waals surface area contributed by atoms with Gasteiger partial charge in [0.1, 0.15) is 22.9 Å². The third kappa shape index (κ3) is 4.22. The second-order valence-corrected chi connectivity index (χ2v) is 9.54. The molecule has 0 unspecified atom stereocenters. The topological polar surface area (TPSA) is 99.2 Å². The van der Waals surface area contributed by atoms with Crippen LogP contribution in [0.25, 0.3) is 11.1 Å². The first-order chi connectivity index (χ1) is 16.1. The Morgan fingerprint density at radius 3 is 2.32 bits per heavy atom. The Morgan fingerprint density at radius 1 is 1.03 bits per heavy atom. The Hall–Kier alpha value is -3.49. The van der Waals surface area contributed by atoms with Gasteiger partial charge in [-0.1, -0.05) is 0 Å². The minimum Gasteiger partial charge on any atom is -0.497 e. The second-order valence-electron chi connectivity index (χ2n) is 9.54. The Labute approximate surface area is 199 Å². The molecule has 1 spiro atoms. The van der Waals surface area contributed by atoms with E-state index in [9.17, 15) is 9.59 Å². The van der Waals surface area contributed by atoms with Crippen LogP contribution in [-0.4, -0.2) is 62.0 Å². The number of pyridine rings is 1. The summed E-state index contributed by atoms with van der Waals surface area (Å²) in [5.41, 5.74) is 1.87. The largest absolute Gasteiger partial charge is 0.497 e. The first kappa shape index (κ1) is 23.7. The number of likely N-dealkylation sites (tertiary alicyclic amines) is 1. The average Bonchev–Trinajstić information content (AvgIpc) is 2.82. The number of benzene rings is 1. The molecule has 2 aliphatic heterocycles. The highest BCUT2D eigenvalue weighted by Gasteiger charge is 2.45. The van der Waals surface area contributed by atoms with E-state index >= 15 is 0 Å². The molecule has 34 heavy (non-hydrogen) atoms. The monoisotopic (exact) mass is 469 g/mol. The predicted molar refractivity (Wildman–Crippen MR) is 126 cm³/mol. The van der Waals surface area contributed by atoms with E-state index in [1.807, 2.05) is 32.9 Å². The van der Waals surface area contributed by atoms with Crippen molar-refractivity contribution < 1.29 is 28.5 Å². The molecule has 1 saturated heterocycles. The minimum atomic E-state index is -0.554. The molecule has 182 valence electrons. The van der Waals surface area contributed by atoms with Crippen LogP contribution in [0.15, 0.2) is 24.4 Å². The Balaban J connectivity index is 1.77. The molecule has 3 heterocycles. The molecule has 9 nitrogen and oxygen atoms in total. The molecule has 1 N–H and O–H groups in total. The summed E-state index contributed by atoms with van der Waals surface area (Å²) in [5, 5.41) is 3.61. The highest BCUT2D eigenvalue weighted by Crippen LogP contribution is 2.52. The molecule has 0 aliphatic carbocycles. The number of nitrogens with one attached hydrogen (secondary N) is 1. The molecule has 1 aromatic carbocycles. The smallest absolute Gasteiger partial charge is 0.410 e. The molecule has 0 bridgehead atoms. The van der Waals surface area contributed by atoms with Gasteiger partial charge in [-0.2, -0.15) is 0 Å². The van der Waals surface area contributed by atoms with Gasteiger partial charge >= 0.3 is 12.1 Å². The number of carbonyl (C=O) groups excluding carboxylic acids is 2. The van der Waals surface area contributed by atoms with Crippen molar-refractivity contribution in [2.45, 2.75) is 44.8 Å². The molecule has 1 fully saturated rings. The minimum absolute atomic E-state index is 0.318. The van der Waals surface area contributed by atoms with E-state index in [4.69, 9.17) is 18.9 Å². The number of aromatic nitrogens is 1. The molecule has 2 aromatic rings. The van der Waals surface area contributed by atoms with E-state index in [2.05, 4.69) is 10.3 Å². The third-order valence-electron chi connectivity index (χ3n) is 6.24. The van der Waals surface area contributed by atoms with E-state index in [1.54, 1.807) is 25.2 Å². The lowest BCUT2D eigenvalue weighted by molar-refractivity contribution is 0.0174. The lowest BCUT2D eigenvalue weighted by Gasteiger charge is -2.46. The highest BCUT2D eigenvalue weighted by molar-refractivity contribution is 5.94. The lowest BCUT2D eigenvalue weighted by Crippen LogP contribution is -2.51. The SMILES string of the molecule is COC(=O)c1cnc2c(c1)-c1cc(OC)cc(OC)c1C1(CCN(C(=O)OC(C)(C)C)CC1)N2. The fourth-order valence-electron chi connectivity index (χ4n) is 4.64. The molecule has 0 radical (unpaired) electrons. The van der Waals surface area contributed by atoms with Crippen LogP contribution >= 0.6 is 0 Å². The van der Waals surface area contributed by atoms with Crippen molar-refractivity contribution in [1.29, 1.82) is 0 Å². The fourth-order valence-corrected chi connectivity index (χ4v) is 4.64. The molecule has 1 amide bonds. The summed E-state index contributed by atoms with van der Waals surface area (Å²) in [6.45, 7) is 6.59. The van der Waals surface area contributed by atoms with Gasteiger partial charge in [0.05, 0.1) is 32.4 Å². The molecule has 4 rings (SSSR count). The van der Waals surface area contributed by atoms with Crippen molar-refractivity contribution in [2.24, 2.45) is 0 Å². The van der Waals surface area contributed by atoms with Crippen LogP contribution in [0.1, 0.15) is 49.5 Å². The highest BCUT2D eigenvalue weighted by atomic mass is 16.6. The maximum absolute atomic E-state index is 12.7. The molecule has 0 atom stereocenters. The summed E-state index contributed by atoms with van der Waals surface area (Å²) in [6, 6.07) is 5.55. The van der Waals surface area contributed by atoms with Crippen molar-refractivity contribution in [2.75, 3.05) is 39.7 Å². The Morgan fingerprint density at radius 2 is 1.74 bits per heavy atom. The summed E-state index contributed by atoms with van der Waals surface area (Å²) in [7, 11) is 4.56. The van der Waals surface area contributed by atoms with Crippen molar-refractivity contribution in [3.05, 3.63) is 35.5 Å². The summed E-state index contributed by atoms with van der Waals surface area (Å²) >= 11 is 0. The van der Waals surface area contributed by atoms with E-state index < -0.39 is 17.1 Å². The Kier molecular flexibility index (Phi) is 6.05. The van der Waals surface area contributed by atoms with Gasteiger partial charge in [-0.25, -0.2) is 14.6 Å². The summed E-state index contributed by atoms with van der Waals surface area (Å²) in [5.74, 6) is 1.49. The van der Waals surface area contributed by atoms with Crippen molar-refractivity contribution >= 4 is 17.9 Å². The van der Waals surface area contributed by atoms with Gasteiger partial charge in [-0.15, -0.1) is 0 Å². The van der Waals surface area contributed by atoms with Gasteiger partial charge in [0, 0.05) is 36.5 Å². The van der Waals surface area contributed by atoms with E-state index in [0.29, 0.717) is 48.8 Å². The van der Waals surface area contributed by atoms with Crippen LogP contribution in [0.3, 0.4) is 0 Å². The predicted octanol–water partition coefficient (Wildman–Crippen LogP) is 4.20. The van der Waals surface area contributed by atoms with Crippen LogP contribution in [0, 0.1) is 0 Å². The average molecular weight is 470 g/mol. The number of carbonyl (C=O) groups is 2. The molecule has 2 aliphatic rings. The van der Waals surface area contributed by atoms with Gasteiger partial charge < -0.3 is 29.2 Å². The second kappa shape index (κ2) is 8.70. The zero-order chi connectivity index (χ0) is 24.7. The molecule has 9 heteroatoms. The quantitative estimate of drug-likeness (QED) is 0.668. The summed E-state index contributed by atoms with van der Waals surface area (Å²) in [4.78, 5) is 31.1. The van der Waals surface area contributed by atoms with Crippen LogP contribution in [0.5, 0.6) is 11.5 Å². The zero-order valence-corrected chi connectivity index (χ0v) is 20.5. The van der Waals surface area contributed by atoms with Crippen molar-refractivity contribution in [1.82, 2.24) is 9.88 Å². The first-order valence-corrected chi connectivity index (χ1v) is 11.2. The molecule has 0 saturated carbocycles. The molecular formula is C25H31N3O6. The molecule has 1 aromatic heterocycles. The normalized spacial score (nSPS) is 16.1. The van der Waals surface area contributed by atoms with Crippen molar-refractivity contribution in [3.63, 3.8) is 0 Å². The number of piperidine rings is 1. The van der Waals surface area contributed by atoms with Gasteiger partial charge in [-0.05, 0) is 51.3 Å². The third-order valence-corrected chi connectivity index (χ3v) is 6.24. The van der Waals surface area contributed by atoms with Crippen LogP contribution < -0.4 is 14.8 Å². The lowest BCUT2D eigenvalue weighted by atomic mass is 9.74. The number of fused-ring (bicyclic) bond motifs is 4.